The fourth-order valence-corrected chi connectivity index (χ4v) is 2.84. The molecule has 2 rings (SSSR count). The number of nitrogens with one attached hydrogen (secondary N) is 2. The number of rotatable bonds is 6. The van der Waals surface area contributed by atoms with Crippen molar-refractivity contribution in [2.75, 3.05) is 38.6 Å². The molecule has 138 valence electrons. The highest BCUT2D eigenvalue weighted by Gasteiger charge is 2.21. The summed E-state index contributed by atoms with van der Waals surface area (Å²) in [5.74, 6) is 1.36. The van der Waals surface area contributed by atoms with E-state index in [1.54, 1.807) is 13.2 Å². The molecular formula is C18H29N5O2. The maximum atomic E-state index is 12.0. The Morgan fingerprint density at radius 1 is 1.40 bits per heavy atom. The molecule has 1 aliphatic heterocycles. The van der Waals surface area contributed by atoms with Crippen LogP contribution in [0.2, 0.25) is 0 Å². The van der Waals surface area contributed by atoms with Gasteiger partial charge in [-0.25, -0.2) is 4.98 Å². The van der Waals surface area contributed by atoms with Gasteiger partial charge in [-0.2, -0.15) is 0 Å². The first kappa shape index (κ1) is 19.2. The van der Waals surface area contributed by atoms with Crippen LogP contribution in [0.5, 0.6) is 0 Å². The van der Waals surface area contributed by atoms with Gasteiger partial charge in [0.25, 0.3) is 0 Å². The Morgan fingerprint density at radius 2 is 2.16 bits per heavy atom. The molecule has 1 fully saturated rings. The van der Waals surface area contributed by atoms with Crippen molar-refractivity contribution in [3.05, 3.63) is 23.9 Å². The molecule has 0 aromatic carbocycles. The van der Waals surface area contributed by atoms with E-state index in [0.717, 1.165) is 44.1 Å². The summed E-state index contributed by atoms with van der Waals surface area (Å²) in [6.07, 6.45) is 4.47. The molecule has 0 aliphatic carbocycles. The van der Waals surface area contributed by atoms with Crippen LogP contribution in [0, 0.1) is 6.92 Å². The van der Waals surface area contributed by atoms with Crippen molar-refractivity contribution in [2.45, 2.75) is 39.2 Å². The van der Waals surface area contributed by atoms with Crippen molar-refractivity contribution in [2.24, 2.45) is 4.99 Å². The van der Waals surface area contributed by atoms with Gasteiger partial charge in [0.15, 0.2) is 5.96 Å². The van der Waals surface area contributed by atoms with Crippen LogP contribution in [0.1, 0.15) is 31.7 Å². The Bertz CT molecular complexity index is 565. The summed E-state index contributed by atoms with van der Waals surface area (Å²) >= 11 is 0. The Labute approximate surface area is 149 Å². The van der Waals surface area contributed by atoms with E-state index in [1.807, 2.05) is 26.0 Å². The molecule has 7 nitrogen and oxygen atoms in total. The predicted octanol–water partition coefficient (Wildman–Crippen LogP) is 1.79. The van der Waals surface area contributed by atoms with Gasteiger partial charge in [-0.15, -0.1) is 0 Å². The lowest BCUT2D eigenvalue weighted by atomic mass is 10.1. The summed E-state index contributed by atoms with van der Waals surface area (Å²) in [6.45, 7) is 7.14. The number of likely N-dealkylation sites (tertiary alicyclic amines) is 1. The van der Waals surface area contributed by atoms with Crippen molar-refractivity contribution in [1.82, 2.24) is 15.2 Å². The van der Waals surface area contributed by atoms with Crippen molar-refractivity contribution in [3.63, 3.8) is 0 Å². The van der Waals surface area contributed by atoms with E-state index < -0.39 is 0 Å². The summed E-state index contributed by atoms with van der Waals surface area (Å²) in [4.78, 5) is 22.7. The number of piperidine rings is 1. The fraction of sp³-hybridized carbons (Fsp3) is 0.611. The number of aryl methyl sites for hydroxylation is 1. The quantitative estimate of drug-likeness (QED) is 0.606. The van der Waals surface area contributed by atoms with Crippen molar-refractivity contribution in [3.8, 4) is 0 Å². The summed E-state index contributed by atoms with van der Waals surface area (Å²) < 4.78 is 5.68. The lowest BCUT2D eigenvalue weighted by molar-refractivity contribution is -0.116. The topological polar surface area (TPSA) is 78.8 Å². The first-order valence-corrected chi connectivity index (χ1v) is 8.92. The summed E-state index contributed by atoms with van der Waals surface area (Å²) in [7, 11) is 1.77. The van der Waals surface area contributed by atoms with E-state index in [0.29, 0.717) is 24.9 Å². The normalized spacial score (nSPS) is 16.0. The third kappa shape index (κ3) is 6.34. The van der Waals surface area contributed by atoms with Crippen LogP contribution >= 0.6 is 0 Å². The third-order valence-electron chi connectivity index (χ3n) is 4.17. The number of ether oxygens (including phenoxy) is 1. The van der Waals surface area contributed by atoms with E-state index in [9.17, 15) is 4.79 Å². The predicted molar refractivity (Wildman–Crippen MR) is 99.8 cm³/mol. The molecule has 7 heteroatoms. The zero-order valence-electron chi connectivity index (χ0n) is 15.4. The molecule has 0 atom stereocenters. The van der Waals surface area contributed by atoms with Gasteiger partial charge in [0.2, 0.25) is 5.91 Å². The fourth-order valence-electron chi connectivity index (χ4n) is 2.84. The smallest absolute Gasteiger partial charge is 0.227 e. The number of nitrogens with zero attached hydrogens (tertiary/aromatic N) is 3. The number of pyridine rings is 1. The molecule has 0 saturated carbocycles. The highest BCUT2D eigenvalue weighted by atomic mass is 16.5. The lowest BCUT2D eigenvalue weighted by Gasteiger charge is -2.34. The first-order chi connectivity index (χ1) is 12.1. The first-order valence-electron chi connectivity index (χ1n) is 8.92. The molecule has 1 aromatic heterocycles. The Morgan fingerprint density at radius 3 is 2.76 bits per heavy atom. The van der Waals surface area contributed by atoms with E-state index in [-0.39, 0.29) is 5.91 Å². The number of hydrogen-bond acceptors (Lipinski definition) is 4. The molecule has 0 spiro atoms. The molecule has 1 aliphatic rings. The second kappa shape index (κ2) is 9.98. The SMILES string of the molecule is CCOC1CCN(C(=NC)NCCC(=O)Nc2ccc(C)cn2)CC1. The Hall–Kier alpha value is -2.15. The molecule has 1 amide bonds. The van der Waals surface area contributed by atoms with Gasteiger partial charge in [0.05, 0.1) is 6.10 Å². The van der Waals surface area contributed by atoms with Crippen LogP contribution in [0.3, 0.4) is 0 Å². The number of amides is 1. The van der Waals surface area contributed by atoms with Gasteiger partial charge in [-0.05, 0) is 38.3 Å². The monoisotopic (exact) mass is 347 g/mol. The molecule has 25 heavy (non-hydrogen) atoms. The van der Waals surface area contributed by atoms with Crippen molar-refractivity contribution >= 4 is 17.7 Å². The Kier molecular flexibility index (Phi) is 7.66. The van der Waals surface area contributed by atoms with Gasteiger partial charge in [-0.1, -0.05) is 6.07 Å². The van der Waals surface area contributed by atoms with Gasteiger partial charge < -0.3 is 20.3 Å². The molecule has 2 heterocycles. The number of carbonyl (C=O) groups is 1. The zero-order chi connectivity index (χ0) is 18.1. The lowest BCUT2D eigenvalue weighted by Crippen LogP contribution is -2.47. The minimum absolute atomic E-state index is 0.0608. The van der Waals surface area contributed by atoms with E-state index in [4.69, 9.17) is 4.74 Å². The number of anilines is 1. The molecule has 0 unspecified atom stereocenters. The second-order valence-corrected chi connectivity index (χ2v) is 6.13. The number of guanidine groups is 1. The molecular weight excluding hydrogens is 318 g/mol. The number of aliphatic imine (C=N–C) groups is 1. The van der Waals surface area contributed by atoms with E-state index >= 15 is 0 Å². The van der Waals surface area contributed by atoms with Crippen LogP contribution in [0.25, 0.3) is 0 Å². The average molecular weight is 347 g/mol. The average Bonchev–Trinajstić information content (AvgIpc) is 2.62. The van der Waals surface area contributed by atoms with Crippen molar-refractivity contribution < 1.29 is 9.53 Å². The minimum Gasteiger partial charge on any atom is -0.378 e. The molecule has 1 aromatic rings. The largest absolute Gasteiger partial charge is 0.378 e. The number of hydrogen-bond donors (Lipinski definition) is 2. The molecule has 2 N–H and O–H groups in total. The highest BCUT2D eigenvalue weighted by Crippen LogP contribution is 2.13. The second-order valence-electron chi connectivity index (χ2n) is 6.13. The zero-order valence-corrected chi connectivity index (χ0v) is 15.4. The highest BCUT2D eigenvalue weighted by molar-refractivity contribution is 5.90. The van der Waals surface area contributed by atoms with Crippen LogP contribution in [-0.4, -0.2) is 61.1 Å². The number of aromatic nitrogens is 1. The standard InChI is InChI=1S/C18H29N5O2/c1-4-25-15-8-11-23(12-9-15)18(19-3)20-10-7-17(24)22-16-6-5-14(2)13-21-16/h5-6,13,15H,4,7-12H2,1-3H3,(H,19,20)(H,21,22,24). The maximum absolute atomic E-state index is 12.0. The summed E-state index contributed by atoms with van der Waals surface area (Å²) in [6, 6.07) is 3.73. The van der Waals surface area contributed by atoms with Crippen LogP contribution < -0.4 is 10.6 Å². The minimum atomic E-state index is -0.0608. The van der Waals surface area contributed by atoms with Crippen LogP contribution in [-0.2, 0) is 9.53 Å². The molecule has 0 radical (unpaired) electrons. The summed E-state index contributed by atoms with van der Waals surface area (Å²) in [5, 5.41) is 6.07. The third-order valence-corrected chi connectivity index (χ3v) is 4.17. The van der Waals surface area contributed by atoms with Gasteiger partial charge >= 0.3 is 0 Å². The van der Waals surface area contributed by atoms with Crippen LogP contribution in [0.4, 0.5) is 5.82 Å². The van der Waals surface area contributed by atoms with Gasteiger partial charge in [0, 0.05) is 45.9 Å². The molecule has 0 bridgehead atoms. The Balaban J connectivity index is 1.70. The van der Waals surface area contributed by atoms with Crippen LogP contribution in [0.15, 0.2) is 23.3 Å². The number of carbonyl (C=O) groups excluding carboxylic acids is 1. The van der Waals surface area contributed by atoms with Gasteiger partial charge in [-0.3, -0.25) is 9.79 Å². The molecule has 1 saturated heterocycles. The maximum Gasteiger partial charge on any atom is 0.227 e. The summed E-state index contributed by atoms with van der Waals surface area (Å²) in [5.41, 5.74) is 1.07. The van der Waals surface area contributed by atoms with Gasteiger partial charge in [0.1, 0.15) is 5.82 Å². The van der Waals surface area contributed by atoms with E-state index in [1.165, 1.54) is 0 Å². The van der Waals surface area contributed by atoms with E-state index in [2.05, 4.69) is 25.5 Å². The van der Waals surface area contributed by atoms with Crippen molar-refractivity contribution in [1.29, 1.82) is 0 Å².